The first-order valence-corrected chi connectivity index (χ1v) is 12.3. The van der Waals surface area contributed by atoms with Crippen LogP contribution in [0.15, 0.2) is 36.0 Å². The Morgan fingerprint density at radius 1 is 1.22 bits per heavy atom. The second-order valence-electron chi connectivity index (χ2n) is 11.8. The van der Waals surface area contributed by atoms with E-state index in [0.717, 1.165) is 24.0 Å². The van der Waals surface area contributed by atoms with E-state index >= 15 is 0 Å². The average molecular weight is 443 g/mol. The zero-order valence-corrected chi connectivity index (χ0v) is 21.4. The van der Waals surface area contributed by atoms with E-state index in [4.69, 9.17) is 0 Å². The standard InChI is InChI=1S/C29H46O3/c1-20(11-10-15-27(4,5)32)17-21(2)29(8)16-14-24(28(29,6)7)13-9-12-23-18-25(30)19-26(31)22(23)3/h9,12-13,20-21,24-26,30-32H,3,11,14,16-19H2,1-2,4-8H3/b13-9+,23-12-/t20?,21-,24-,25-,26+,29-/m1/s1. The highest BCUT2D eigenvalue weighted by molar-refractivity contribution is 5.37. The van der Waals surface area contributed by atoms with Gasteiger partial charge >= 0.3 is 0 Å². The van der Waals surface area contributed by atoms with Crippen molar-refractivity contribution >= 4 is 0 Å². The lowest BCUT2D eigenvalue weighted by atomic mass is 9.58. The quantitative estimate of drug-likeness (QED) is 0.455. The fourth-order valence-corrected chi connectivity index (χ4v) is 5.73. The van der Waals surface area contributed by atoms with Crippen molar-refractivity contribution in [1.82, 2.24) is 0 Å². The van der Waals surface area contributed by atoms with Crippen molar-refractivity contribution in [1.29, 1.82) is 0 Å². The van der Waals surface area contributed by atoms with Crippen LogP contribution in [0.5, 0.6) is 0 Å². The molecule has 0 heterocycles. The molecule has 0 bridgehead atoms. The Bertz CT molecular complexity index is 785. The van der Waals surface area contributed by atoms with Gasteiger partial charge in [0, 0.05) is 12.8 Å². The van der Waals surface area contributed by atoms with Gasteiger partial charge in [-0.1, -0.05) is 65.3 Å². The van der Waals surface area contributed by atoms with Crippen LogP contribution in [0.2, 0.25) is 0 Å². The molecule has 0 aromatic rings. The van der Waals surface area contributed by atoms with Gasteiger partial charge in [-0.2, -0.15) is 0 Å². The van der Waals surface area contributed by atoms with Gasteiger partial charge in [-0.15, -0.1) is 5.92 Å². The topological polar surface area (TPSA) is 60.7 Å². The summed E-state index contributed by atoms with van der Waals surface area (Å²) in [6, 6.07) is 0. The van der Waals surface area contributed by atoms with Crippen LogP contribution < -0.4 is 0 Å². The maximum absolute atomic E-state index is 10.1. The molecular weight excluding hydrogens is 396 g/mol. The van der Waals surface area contributed by atoms with E-state index in [2.05, 4.69) is 65.2 Å². The van der Waals surface area contributed by atoms with Gasteiger partial charge in [0.25, 0.3) is 0 Å². The van der Waals surface area contributed by atoms with Gasteiger partial charge in [0.1, 0.15) is 5.60 Å². The second kappa shape index (κ2) is 10.3. The van der Waals surface area contributed by atoms with Crippen molar-refractivity contribution in [3.8, 4) is 11.8 Å². The van der Waals surface area contributed by atoms with E-state index in [0.29, 0.717) is 30.6 Å². The largest absolute Gasteiger partial charge is 0.393 e. The smallest absolute Gasteiger partial charge is 0.119 e. The van der Waals surface area contributed by atoms with Crippen molar-refractivity contribution in [3.63, 3.8) is 0 Å². The molecule has 3 heteroatoms. The maximum atomic E-state index is 10.1. The van der Waals surface area contributed by atoms with Crippen LogP contribution >= 0.6 is 0 Å². The average Bonchev–Trinajstić information content (AvgIpc) is 2.88. The molecule has 0 saturated heterocycles. The molecule has 32 heavy (non-hydrogen) atoms. The molecule has 1 unspecified atom stereocenters. The van der Waals surface area contributed by atoms with Gasteiger partial charge in [0.2, 0.25) is 0 Å². The Kier molecular flexibility index (Phi) is 8.65. The molecule has 2 fully saturated rings. The fraction of sp³-hybridized carbons (Fsp3) is 0.724. The first-order valence-electron chi connectivity index (χ1n) is 12.3. The van der Waals surface area contributed by atoms with Gasteiger partial charge in [-0.25, -0.2) is 0 Å². The summed E-state index contributed by atoms with van der Waals surface area (Å²) in [6.07, 6.45) is 10.6. The third-order valence-electron chi connectivity index (χ3n) is 8.47. The van der Waals surface area contributed by atoms with E-state index in [-0.39, 0.29) is 10.8 Å². The van der Waals surface area contributed by atoms with Gasteiger partial charge in [-0.3, -0.25) is 0 Å². The summed E-state index contributed by atoms with van der Waals surface area (Å²) in [4.78, 5) is 0. The number of hydrogen-bond acceptors (Lipinski definition) is 3. The van der Waals surface area contributed by atoms with Crippen molar-refractivity contribution in [2.45, 2.75) is 105 Å². The molecule has 3 nitrogen and oxygen atoms in total. The Morgan fingerprint density at radius 3 is 2.50 bits per heavy atom. The van der Waals surface area contributed by atoms with Gasteiger partial charge in [-0.05, 0) is 79.3 Å². The molecule has 6 atom stereocenters. The lowest BCUT2D eigenvalue weighted by molar-refractivity contribution is 0.0346. The van der Waals surface area contributed by atoms with Crippen LogP contribution in [0.25, 0.3) is 0 Å². The predicted octanol–water partition coefficient (Wildman–Crippen LogP) is 5.81. The zero-order chi connectivity index (χ0) is 24.3. The summed E-state index contributed by atoms with van der Waals surface area (Å²) in [7, 11) is 0. The third-order valence-corrected chi connectivity index (χ3v) is 8.47. The molecular formula is C29H46O3. The van der Waals surface area contributed by atoms with Crippen LogP contribution in [0.3, 0.4) is 0 Å². The van der Waals surface area contributed by atoms with Crippen molar-refractivity contribution in [2.75, 3.05) is 0 Å². The second-order valence-corrected chi connectivity index (χ2v) is 11.8. The normalized spacial score (nSPS) is 33.9. The number of hydrogen-bond donors (Lipinski definition) is 3. The lowest BCUT2D eigenvalue weighted by Crippen LogP contribution is -2.39. The van der Waals surface area contributed by atoms with E-state index in [1.807, 2.05) is 6.08 Å². The van der Waals surface area contributed by atoms with E-state index in [9.17, 15) is 15.3 Å². The van der Waals surface area contributed by atoms with Crippen molar-refractivity contribution < 1.29 is 15.3 Å². The van der Waals surface area contributed by atoms with Gasteiger partial charge in [0.15, 0.2) is 0 Å². The van der Waals surface area contributed by atoms with Crippen LogP contribution in [-0.2, 0) is 0 Å². The Morgan fingerprint density at radius 2 is 1.88 bits per heavy atom. The maximum Gasteiger partial charge on any atom is 0.119 e. The minimum absolute atomic E-state index is 0.169. The summed E-state index contributed by atoms with van der Waals surface area (Å²) in [5.41, 5.74) is 1.20. The molecule has 3 N–H and O–H groups in total. The SMILES string of the molecule is C=C1/C(=C\C=C\[C@@H]2CC[C@](C)([C@H](C)CC(C)CC#CC(C)(C)O)C2(C)C)C[C@@H](O)C[C@@H]1O. The summed E-state index contributed by atoms with van der Waals surface area (Å²) < 4.78 is 0. The molecule has 2 rings (SSSR count). The third kappa shape index (κ3) is 6.37. The number of rotatable bonds is 6. The Labute approximate surface area is 196 Å². The van der Waals surface area contributed by atoms with E-state index < -0.39 is 17.8 Å². The minimum Gasteiger partial charge on any atom is -0.393 e. The van der Waals surface area contributed by atoms with E-state index in [1.165, 1.54) is 12.8 Å². The van der Waals surface area contributed by atoms with Crippen LogP contribution in [0, 0.1) is 40.4 Å². The molecule has 0 aliphatic heterocycles. The number of aliphatic hydroxyl groups is 3. The molecule has 0 aromatic heterocycles. The Balaban J connectivity index is 2.04. The van der Waals surface area contributed by atoms with Crippen molar-refractivity contribution in [2.24, 2.45) is 28.6 Å². The fourth-order valence-electron chi connectivity index (χ4n) is 5.73. The van der Waals surface area contributed by atoms with E-state index in [1.54, 1.807) is 13.8 Å². The molecule has 180 valence electrons. The first-order chi connectivity index (χ1) is 14.7. The van der Waals surface area contributed by atoms with Crippen LogP contribution in [-0.4, -0.2) is 33.1 Å². The molecule has 2 aliphatic rings. The molecule has 2 aliphatic carbocycles. The van der Waals surface area contributed by atoms with Crippen LogP contribution in [0.1, 0.15) is 87.0 Å². The monoisotopic (exact) mass is 442 g/mol. The highest BCUT2D eigenvalue weighted by atomic mass is 16.3. The predicted molar refractivity (Wildman–Crippen MR) is 134 cm³/mol. The summed E-state index contributed by atoms with van der Waals surface area (Å²) in [5.74, 6) is 7.68. The minimum atomic E-state index is -0.917. The highest BCUT2D eigenvalue weighted by Gasteiger charge is 2.52. The summed E-state index contributed by atoms with van der Waals surface area (Å²) in [5, 5.41) is 29.8. The number of allylic oxidation sites excluding steroid dienone is 3. The Hall–Kier alpha value is -1.34. The van der Waals surface area contributed by atoms with Gasteiger partial charge < -0.3 is 15.3 Å². The van der Waals surface area contributed by atoms with Crippen LogP contribution in [0.4, 0.5) is 0 Å². The molecule has 0 spiro atoms. The number of aliphatic hydroxyl groups excluding tert-OH is 2. The lowest BCUT2D eigenvalue weighted by Gasteiger charge is -2.46. The molecule has 0 aromatic carbocycles. The van der Waals surface area contributed by atoms with Crippen molar-refractivity contribution in [3.05, 3.63) is 36.0 Å². The summed E-state index contributed by atoms with van der Waals surface area (Å²) >= 11 is 0. The zero-order valence-electron chi connectivity index (χ0n) is 21.4. The molecule has 0 radical (unpaired) electrons. The molecule has 2 saturated carbocycles. The molecule has 0 amide bonds. The van der Waals surface area contributed by atoms with Gasteiger partial charge in [0.05, 0.1) is 12.2 Å². The summed E-state index contributed by atoms with van der Waals surface area (Å²) in [6.45, 7) is 19.4. The highest BCUT2D eigenvalue weighted by Crippen LogP contribution is 2.61. The first kappa shape index (κ1) is 26.9.